The van der Waals surface area contributed by atoms with Crippen molar-refractivity contribution >= 4 is 17.6 Å². The first-order valence-electron chi connectivity index (χ1n) is 8.45. The average Bonchev–Trinajstić information content (AvgIpc) is 2.92. The standard InChI is InChI=1S/C19H23N5O2/c1-12-8-15(22-24(12)4)16(25)10-13-6-5-7-14(9-13)19(2)11-17(26)23(3)18(20)21-19/h5-9H,10-11H2,1-4H3,(H2,20,21). The zero-order chi connectivity index (χ0) is 19.1. The molecule has 7 heteroatoms. The predicted octanol–water partition coefficient (Wildman–Crippen LogP) is 1.55. The number of guanidine groups is 1. The van der Waals surface area contributed by atoms with E-state index in [0.29, 0.717) is 5.69 Å². The lowest BCUT2D eigenvalue weighted by molar-refractivity contribution is -0.128. The third-order valence-electron chi connectivity index (χ3n) is 4.89. The monoisotopic (exact) mass is 353 g/mol. The van der Waals surface area contributed by atoms with E-state index in [4.69, 9.17) is 5.73 Å². The SMILES string of the molecule is Cc1cc(C(=O)Cc2cccc(C3(C)CC(=O)N(C)C(N)=N3)c2)nn1C. The van der Waals surface area contributed by atoms with Crippen LogP contribution in [-0.4, -0.2) is 39.4 Å². The molecule has 1 aromatic heterocycles. The summed E-state index contributed by atoms with van der Waals surface area (Å²) < 4.78 is 1.69. The quantitative estimate of drug-likeness (QED) is 0.844. The van der Waals surface area contributed by atoms with Gasteiger partial charge in [-0.25, -0.2) is 4.99 Å². The van der Waals surface area contributed by atoms with Crippen LogP contribution in [0.25, 0.3) is 0 Å². The van der Waals surface area contributed by atoms with Crippen molar-refractivity contribution in [3.63, 3.8) is 0 Å². The largest absolute Gasteiger partial charge is 0.369 e. The van der Waals surface area contributed by atoms with Gasteiger partial charge >= 0.3 is 0 Å². The smallest absolute Gasteiger partial charge is 0.231 e. The molecule has 2 heterocycles. The molecule has 0 aliphatic carbocycles. The molecule has 0 bridgehead atoms. The van der Waals surface area contributed by atoms with Crippen molar-refractivity contribution in [1.29, 1.82) is 0 Å². The molecule has 3 rings (SSSR count). The van der Waals surface area contributed by atoms with Gasteiger partial charge in [-0.3, -0.25) is 19.2 Å². The highest BCUT2D eigenvalue weighted by atomic mass is 16.2. The molecule has 1 amide bonds. The Bertz CT molecular complexity index is 895. The Morgan fingerprint density at radius 3 is 2.65 bits per heavy atom. The lowest BCUT2D eigenvalue weighted by Gasteiger charge is -2.33. The van der Waals surface area contributed by atoms with E-state index in [1.807, 2.05) is 45.2 Å². The van der Waals surface area contributed by atoms with Crippen LogP contribution in [0.1, 0.15) is 40.7 Å². The van der Waals surface area contributed by atoms with Gasteiger partial charge in [-0.1, -0.05) is 24.3 Å². The molecule has 0 saturated carbocycles. The summed E-state index contributed by atoms with van der Waals surface area (Å²) in [6.45, 7) is 3.79. The number of nitrogens with two attached hydrogens (primary N) is 1. The number of hydrogen-bond donors (Lipinski definition) is 1. The van der Waals surface area contributed by atoms with Gasteiger partial charge in [0.15, 0.2) is 11.7 Å². The first-order valence-corrected chi connectivity index (χ1v) is 8.45. The molecule has 2 N–H and O–H groups in total. The van der Waals surface area contributed by atoms with Crippen molar-refractivity contribution in [3.8, 4) is 0 Å². The summed E-state index contributed by atoms with van der Waals surface area (Å²) >= 11 is 0. The first-order chi connectivity index (χ1) is 12.2. The number of benzene rings is 1. The van der Waals surface area contributed by atoms with E-state index in [1.54, 1.807) is 17.8 Å². The molecule has 1 unspecified atom stereocenters. The number of hydrogen-bond acceptors (Lipinski definition) is 5. The molecule has 1 atom stereocenters. The normalized spacial score (nSPS) is 20.2. The average molecular weight is 353 g/mol. The summed E-state index contributed by atoms with van der Waals surface area (Å²) in [5, 5.41) is 4.24. The Hall–Kier alpha value is -2.96. The summed E-state index contributed by atoms with van der Waals surface area (Å²) in [6.07, 6.45) is 0.481. The fourth-order valence-corrected chi connectivity index (χ4v) is 3.06. The van der Waals surface area contributed by atoms with E-state index in [1.165, 1.54) is 4.90 Å². The van der Waals surface area contributed by atoms with Crippen LogP contribution in [0.15, 0.2) is 35.3 Å². The van der Waals surface area contributed by atoms with Crippen molar-refractivity contribution in [1.82, 2.24) is 14.7 Å². The van der Waals surface area contributed by atoms with Gasteiger partial charge < -0.3 is 5.73 Å². The molecule has 1 aliphatic heterocycles. The van der Waals surface area contributed by atoms with Crippen molar-refractivity contribution in [2.75, 3.05) is 7.05 Å². The fraction of sp³-hybridized carbons (Fsp3) is 0.368. The van der Waals surface area contributed by atoms with E-state index in [2.05, 4.69) is 10.1 Å². The van der Waals surface area contributed by atoms with Gasteiger partial charge in [-0.2, -0.15) is 5.10 Å². The second kappa shape index (κ2) is 6.40. The molecule has 0 radical (unpaired) electrons. The highest BCUT2D eigenvalue weighted by Crippen LogP contribution is 2.33. The molecular formula is C19H23N5O2. The van der Waals surface area contributed by atoms with Gasteiger partial charge in [0.25, 0.3) is 0 Å². The van der Waals surface area contributed by atoms with E-state index in [0.717, 1.165) is 16.8 Å². The second-order valence-electron chi connectivity index (χ2n) is 6.97. The van der Waals surface area contributed by atoms with Gasteiger partial charge in [0.05, 0.1) is 12.0 Å². The van der Waals surface area contributed by atoms with Gasteiger partial charge in [0.2, 0.25) is 5.91 Å². The first kappa shape index (κ1) is 17.8. The van der Waals surface area contributed by atoms with E-state index in [-0.39, 0.29) is 30.5 Å². The summed E-state index contributed by atoms with van der Waals surface area (Å²) in [4.78, 5) is 30.6. The summed E-state index contributed by atoms with van der Waals surface area (Å²) in [5.74, 6) is 0.0816. The number of carbonyl (C=O) groups is 2. The van der Waals surface area contributed by atoms with Crippen molar-refractivity contribution in [2.24, 2.45) is 17.8 Å². The molecule has 26 heavy (non-hydrogen) atoms. The van der Waals surface area contributed by atoms with Crippen LogP contribution in [0.4, 0.5) is 0 Å². The van der Waals surface area contributed by atoms with Crippen LogP contribution in [0, 0.1) is 6.92 Å². The number of amides is 1. The van der Waals surface area contributed by atoms with Crippen LogP contribution < -0.4 is 5.73 Å². The summed E-state index contributed by atoms with van der Waals surface area (Å²) in [7, 11) is 3.43. The van der Waals surface area contributed by atoms with Crippen molar-refractivity contribution in [3.05, 3.63) is 52.8 Å². The zero-order valence-corrected chi connectivity index (χ0v) is 15.5. The molecule has 136 valence electrons. The van der Waals surface area contributed by atoms with Crippen LogP contribution in [0.3, 0.4) is 0 Å². The Balaban J connectivity index is 1.87. The van der Waals surface area contributed by atoms with E-state index in [9.17, 15) is 9.59 Å². The number of carbonyl (C=O) groups excluding carboxylic acids is 2. The maximum absolute atomic E-state index is 12.5. The third-order valence-corrected chi connectivity index (χ3v) is 4.89. The molecule has 2 aromatic rings. The highest BCUT2D eigenvalue weighted by molar-refractivity contribution is 5.99. The molecule has 1 aliphatic rings. The molecule has 0 saturated heterocycles. The minimum atomic E-state index is -0.728. The topological polar surface area (TPSA) is 93.6 Å². The van der Waals surface area contributed by atoms with Crippen molar-refractivity contribution in [2.45, 2.75) is 32.2 Å². The number of ketones is 1. The Kier molecular flexibility index (Phi) is 4.39. The highest BCUT2D eigenvalue weighted by Gasteiger charge is 2.36. The maximum atomic E-state index is 12.5. The van der Waals surface area contributed by atoms with Crippen molar-refractivity contribution < 1.29 is 9.59 Å². The van der Waals surface area contributed by atoms with Crippen LogP contribution in [0.2, 0.25) is 0 Å². The fourth-order valence-electron chi connectivity index (χ4n) is 3.06. The van der Waals surface area contributed by atoms with Gasteiger partial charge in [-0.15, -0.1) is 0 Å². The summed E-state index contributed by atoms with van der Waals surface area (Å²) in [6, 6.07) is 9.39. The minimum absolute atomic E-state index is 0.0431. The molecule has 1 aromatic carbocycles. The summed E-state index contributed by atoms with van der Waals surface area (Å²) in [5.41, 5.74) is 8.27. The number of rotatable bonds is 4. The predicted molar refractivity (Wildman–Crippen MR) is 98.8 cm³/mol. The zero-order valence-electron chi connectivity index (χ0n) is 15.5. The van der Waals surface area contributed by atoms with Crippen LogP contribution in [0.5, 0.6) is 0 Å². The number of aromatic nitrogens is 2. The van der Waals surface area contributed by atoms with Gasteiger partial charge in [-0.05, 0) is 31.0 Å². The molecule has 0 spiro atoms. The number of aryl methyl sites for hydroxylation is 2. The molecule has 0 fully saturated rings. The lowest BCUT2D eigenvalue weighted by atomic mass is 9.86. The number of Topliss-reactive ketones (excluding diaryl/α,β-unsaturated/α-hetero) is 1. The second-order valence-corrected chi connectivity index (χ2v) is 6.97. The molecular weight excluding hydrogens is 330 g/mol. The molecule has 7 nitrogen and oxygen atoms in total. The van der Waals surface area contributed by atoms with Crippen LogP contribution in [-0.2, 0) is 23.8 Å². The maximum Gasteiger partial charge on any atom is 0.231 e. The Labute approximate surface area is 152 Å². The Morgan fingerprint density at radius 1 is 1.31 bits per heavy atom. The van der Waals surface area contributed by atoms with Crippen LogP contribution >= 0.6 is 0 Å². The third kappa shape index (κ3) is 3.24. The van der Waals surface area contributed by atoms with Gasteiger partial charge in [0.1, 0.15) is 5.69 Å². The lowest BCUT2D eigenvalue weighted by Crippen LogP contribution is -2.47. The number of nitrogens with zero attached hydrogens (tertiary/aromatic N) is 4. The van der Waals surface area contributed by atoms with E-state index < -0.39 is 5.54 Å². The van der Waals surface area contributed by atoms with Gasteiger partial charge in [0, 0.05) is 26.2 Å². The number of aliphatic imine (C=N–C) groups is 1. The van der Waals surface area contributed by atoms with E-state index >= 15 is 0 Å². The Morgan fingerprint density at radius 2 is 2.04 bits per heavy atom. The minimum Gasteiger partial charge on any atom is -0.369 e.